The molecule has 0 aromatic rings. The van der Waals surface area contributed by atoms with E-state index in [1.54, 1.807) is 0 Å². The maximum atomic E-state index is 12.3. The van der Waals surface area contributed by atoms with Crippen LogP contribution in [0, 0.1) is 23.2 Å². The van der Waals surface area contributed by atoms with Gasteiger partial charge >= 0.3 is 5.97 Å². The molecule has 0 aromatic heterocycles. The maximum absolute atomic E-state index is 12.3. The normalized spacial score (nSPS) is 42.7. The van der Waals surface area contributed by atoms with Crippen LogP contribution in [0.15, 0.2) is 0 Å². The lowest BCUT2D eigenvalue weighted by atomic mass is 9.48. The number of carbonyl (C=O) groups excluding carboxylic acids is 1. The quantitative estimate of drug-likeness (QED) is 0.816. The smallest absolute Gasteiger partial charge is 0.303 e. The van der Waals surface area contributed by atoms with E-state index < -0.39 is 5.97 Å². The Hall–Kier alpha value is -0.860. The Morgan fingerprint density at radius 1 is 0.941 bits per heavy atom. The van der Waals surface area contributed by atoms with Crippen molar-refractivity contribution in [1.82, 2.24) is 0 Å². The number of carboxylic acid groups (broad SMARTS) is 1. The summed E-state index contributed by atoms with van der Waals surface area (Å²) in [7, 11) is 0. The van der Waals surface area contributed by atoms with Gasteiger partial charge in [-0.3, -0.25) is 9.59 Å². The molecule has 4 saturated carbocycles. The minimum atomic E-state index is -0.844. The van der Waals surface area contributed by atoms with E-state index >= 15 is 0 Å². The molecule has 0 atom stereocenters. The number of rotatable bonds is 4. The van der Waals surface area contributed by atoms with Gasteiger partial charge in [0.05, 0.1) is 6.42 Å². The summed E-state index contributed by atoms with van der Waals surface area (Å²) < 4.78 is 0. The Balaban J connectivity index is 1.73. The van der Waals surface area contributed by atoms with Crippen molar-refractivity contribution in [1.29, 1.82) is 0 Å². The van der Waals surface area contributed by atoms with Gasteiger partial charge in [-0.05, 0) is 56.3 Å². The van der Waals surface area contributed by atoms with Crippen LogP contribution in [0.4, 0.5) is 0 Å². The average molecular weight is 236 g/mol. The van der Waals surface area contributed by atoms with Crippen molar-refractivity contribution in [2.24, 2.45) is 23.2 Å². The fraction of sp³-hybridized carbons (Fsp3) is 0.857. The van der Waals surface area contributed by atoms with Crippen LogP contribution in [0.2, 0.25) is 0 Å². The number of aliphatic carboxylic acids is 1. The summed E-state index contributed by atoms with van der Waals surface area (Å²) in [6, 6.07) is 0. The Bertz CT molecular complexity index is 323. The molecule has 0 amide bonds. The predicted octanol–water partition coefficient (Wildman–Crippen LogP) is 2.64. The highest BCUT2D eigenvalue weighted by atomic mass is 16.4. The molecule has 0 aromatic carbocycles. The number of ketones is 1. The molecule has 4 fully saturated rings. The number of hydrogen-bond acceptors (Lipinski definition) is 2. The second kappa shape index (κ2) is 3.82. The Labute approximate surface area is 102 Å². The highest BCUT2D eigenvalue weighted by molar-refractivity contribution is 5.87. The minimum Gasteiger partial charge on any atom is -0.481 e. The van der Waals surface area contributed by atoms with Crippen molar-refractivity contribution in [2.75, 3.05) is 0 Å². The zero-order valence-corrected chi connectivity index (χ0v) is 10.2. The summed E-state index contributed by atoms with van der Waals surface area (Å²) >= 11 is 0. The lowest BCUT2D eigenvalue weighted by Gasteiger charge is -2.56. The maximum Gasteiger partial charge on any atom is 0.303 e. The molecule has 1 N–H and O–H groups in total. The first kappa shape index (κ1) is 11.2. The zero-order chi connectivity index (χ0) is 12.0. The molecule has 3 heteroatoms. The molecule has 0 heterocycles. The first-order chi connectivity index (χ1) is 8.07. The molecule has 3 nitrogen and oxygen atoms in total. The van der Waals surface area contributed by atoms with Gasteiger partial charge in [0.1, 0.15) is 5.78 Å². The van der Waals surface area contributed by atoms with E-state index in [0.29, 0.717) is 0 Å². The van der Waals surface area contributed by atoms with Gasteiger partial charge in [0.2, 0.25) is 0 Å². The van der Waals surface area contributed by atoms with Gasteiger partial charge in [0.15, 0.2) is 0 Å². The summed E-state index contributed by atoms with van der Waals surface area (Å²) in [5.41, 5.74) is -0.107. The standard InChI is InChI=1S/C14H20O3/c15-12(1-2-13(16)17)14-6-9-3-10(7-14)5-11(4-9)8-14/h9-11H,1-8H2,(H,16,17). The second-order valence-electron chi connectivity index (χ2n) is 6.51. The fourth-order valence-electron chi connectivity index (χ4n) is 4.94. The summed E-state index contributed by atoms with van der Waals surface area (Å²) in [4.78, 5) is 22.9. The van der Waals surface area contributed by atoms with Crippen molar-refractivity contribution in [3.05, 3.63) is 0 Å². The fourth-order valence-corrected chi connectivity index (χ4v) is 4.94. The van der Waals surface area contributed by atoms with Gasteiger partial charge in [-0.15, -0.1) is 0 Å². The molecular formula is C14H20O3. The molecule has 0 spiro atoms. The molecule has 4 rings (SSSR count). The summed E-state index contributed by atoms with van der Waals surface area (Å²) in [6.45, 7) is 0. The second-order valence-corrected chi connectivity index (χ2v) is 6.51. The molecule has 0 unspecified atom stereocenters. The average Bonchev–Trinajstić information content (AvgIpc) is 2.23. The summed E-state index contributed by atoms with van der Waals surface area (Å²) in [5.74, 6) is 1.68. The number of Topliss-reactive ketones (excluding diaryl/α,β-unsaturated/α-hetero) is 1. The van der Waals surface area contributed by atoms with Crippen LogP contribution in [0.5, 0.6) is 0 Å². The Kier molecular flexibility index (Phi) is 2.53. The van der Waals surface area contributed by atoms with Crippen LogP contribution in [0.25, 0.3) is 0 Å². The lowest BCUT2D eigenvalue weighted by Crippen LogP contribution is -2.50. The van der Waals surface area contributed by atoms with E-state index in [9.17, 15) is 9.59 Å². The van der Waals surface area contributed by atoms with Crippen LogP contribution in [0.1, 0.15) is 51.4 Å². The lowest BCUT2D eigenvalue weighted by molar-refractivity contribution is -0.147. The van der Waals surface area contributed by atoms with E-state index in [4.69, 9.17) is 5.11 Å². The van der Waals surface area contributed by atoms with Crippen molar-refractivity contribution in [3.63, 3.8) is 0 Å². The van der Waals surface area contributed by atoms with Crippen LogP contribution in [-0.2, 0) is 9.59 Å². The van der Waals surface area contributed by atoms with Gasteiger partial charge < -0.3 is 5.11 Å². The van der Waals surface area contributed by atoms with Crippen molar-refractivity contribution in [3.8, 4) is 0 Å². The monoisotopic (exact) mass is 236 g/mol. The molecule has 17 heavy (non-hydrogen) atoms. The first-order valence-electron chi connectivity index (χ1n) is 6.82. The topological polar surface area (TPSA) is 54.4 Å². The van der Waals surface area contributed by atoms with Gasteiger partial charge in [-0.25, -0.2) is 0 Å². The molecule has 4 aliphatic carbocycles. The van der Waals surface area contributed by atoms with E-state index in [0.717, 1.165) is 37.0 Å². The first-order valence-corrected chi connectivity index (χ1v) is 6.82. The summed E-state index contributed by atoms with van der Waals surface area (Å²) in [5, 5.41) is 8.69. The van der Waals surface area contributed by atoms with Crippen LogP contribution in [-0.4, -0.2) is 16.9 Å². The molecule has 4 aliphatic rings. The highest BCUT2D eigenvalue weighted by Crippen LogP contribution is 2.60. The highest BCUT2D eigenvalue weighted by Gasteiger charge is 2.53. The van der Waals surface area contributed by atoms with Crippen molar-refractivity contribution >= 4 is 11.8 Å². The molecule has 94 valence electrons. The molecule has 0 aliphatic heterocycles. The minimum absolute atomic E-state index is 0.0145. The zero-order valence-electron chi connectivity index (χ0n) is 10.2. The van der Waals surface area contributed by atoms with Crippen molar-refractivity contribution < 1.29 is 14.7 Å². The third-order valence-electron chi connectivity index (χ3n) is 5.20. The van der Waals surface area contributed by atoms with Gasteiger partial charge in [0.25, 0.3) is 0 Å². The third-order valence-corrected chi connectivity index (χ3v) is 5.20. The van der Waals surface area contributed by atoms with E-state index in [1.165, 1.54) is 19.3 Å². The van der Waals surface area contributed by atoms with Crippen LogP contribution in [0.3, 0.4) is 0 Å². The SMILES string of the molecule is O=C(O)CCC(=O)C12CC3CC(CC(C3)C1)C2. The van der Waals surface area contributed by atoms with Crippen molar-refractivity contribution in [2.45, 2.75) is 51.4 Å². The Morgan fingerprint density at radius 3 is 1.82 bits per heavy atom. The predicted molar refractivity (Wildman–Crippen MR) is 62.5 cm³/mol. The van der Waals surface area contributed by atoms with E-state index in [2.05, 4.69) is 0 Å². The largest absolute Gasteiger partial charge is 0.481 e. The molecule has 4 bridgehead atoms. The molecular weight excluding hydrogens is 216 g/mol. The molecule has 0 radical (unpaired) electrons. The summed E-state index contributed by atoms with van der Waals surface area (Å²) in [6.07, 6.45) is 7.40. The van der Waals surface area contributed by atoms with Crippen LogP contribution < -0.4 is 0 Å². The number of carbonyl (C=O) groups is 2. The van der Waals surface area contributed by atoms with Gasteiger partial charge in [-0.1, -0.05) is 0 Å². The van der Waals surface area contributed by atoms with Gasteiger partial charge in [0, 0.05) is 11.8 Å². The molecule has 0 saturated heterocycles. The van der Waals surface area contributed by atoms with E-state index in [-0.39, 0.29) is 24.0 Å². The third kappa shape index (κ3) is 1.90. The Morgan fingerprint density at radius 2 is 1.41 bits per heavy atom. The van der Waals surface area contributed by atoms with E-state index in [1.807, 2.05) is 0 Å². The van der Waals surface area contributed by atoms with Gasteiger partial charge in [-0.2, -0.15) is 0 Å². The van der Waals surface area contributed by atoms with Crippen LogP contribution >= 0.6 is 0 Å². The number of hydrogen-bond donors (Lipinski definition) is 1. The number of carboxylic acids is 1.